The Labute approximate surface area is 140 Å². The molecular formula is C18H21NO3S. The molecule has 0 bridgehead atoms. The Bertz CT molecular complexity index is 621. The molecule has 1 aromatic heterocycles. The zero-order valence-corrected chi connectivity index (χ0v) is 13.7. The van der Waals surface area contributed by atoms with E-state index < -0.39 is 11.5 Å². The lowest BCUT2D eigenvalue weighted by atomic mass is 9.73. The SMILES string of the molecule is O=C(NC[C@@H](O)c1ccsc1)C1(c2ccccc2)CCOCC1. The van der Waals surface area contributed by atoms with Gasteiger partial charge in [-0.2, -0.15) is 11.3 Å². The Hall–Kier alpha value is -1.69. The van der Waals surface area contributed by atoms with Gasteiger partial charge < -0.3 is 15.2 Å². The number of nitrogens with one attached hydrogen (secondary N) is 1. The van der Waals surface area contributed by atoms with Crippen LogP contribution in [-0.2, 0) is 14.9 Å². The van der Waals surface area contributed by atoms with Crippen molar-refractivity contribution in [2.75, 3.05) is 19.8 Å². The minimum atomic E-state index is -0.669. The molecular weight excluding hydrogens is 310 g/mol. The van der Waals surface area contributed by atoms with Crippen molar-refractivity contribution in [1.82, 2.24) is 5.32 Å². The molecule has 1 aliphatic rings. The minimum Gasteiger partial charge on any atom is -0.387 e. The molecule has 1 saturated heterocycles. The number of hydrogen-bond acceptors (Lipinski definition) is 4. The van der Waals surface area contributed by atoms with Gasteiger partial charge in [0.2, 0.25) is 5.91 Å². The van der Waals surface area contributed by atoms with E-state index in [0.29, 0.717) is 26.1 Å². The molecule has 0 radical (unpaired) electrons. The van der Waals surface area contributed by atoms with Gasteiger partial charge >= 0.3 is 0 Å². The summed E-state index contributed by atoms with van der Waals surface area (Å²) in [7, 11) is 0. The van der Waals surface area contributed by atoms with E-state index in [4.69, 9.17) is 4.74 Å². The maximum Gasteiger partial charge on any atom is 0.230 e. The quantitative estimate of drug-likeness (QED) is 0.885. The predicted molar refractivity (Wildman–Crippen MR) is 90.5 cm³/mol. The van der Waals surface area contributed by atoms with Gasteiger partial charge in [-0.25, -0.2) is 0 Å². The van der Waals surface area contributed by atoms with Crippen LogP contribution in [0.3, 0.4) is 0 Å². The molecule has 1 fully saturated rings. The average molecular weight is 331 g/mol. The van der Waals surface area contributed by atoms with E-state index in [2.05, 4.69) is 5.32 Å². The largest absolute Gasteiger partial charge is 0.387 e. The summed E-state index contributed by atoms with van der Waals surface area (Å²) in [5.74, 6) is -0.0266. The van der Waals surface area contributed by atoms with Gasteiger partial charge in [0.1, 0.15) is 0 Å². The molecule has 2 aromatic rings. The number of thiophene rings is 1. The van der Waals surface area contributed by atoms with E-state index in [9.17, 15) is 9.90 Å². The fourth-order valence-corrected chi connectivity index (χ4v) is 3.77. The van der Waals surface area contributed by atoms with E-state index in [-0.39, 0.29) is 12.5 Å². The van der Waals surface area contributed by atoms with Gasteiger partial charge in [0, 0.05) is 19.8 Å². The second-order valence-electron chi connectivity index (χ2n) is 5.84. The van der Waals surface area contributed by atoms with Gasteiger partial charge in [0.15, 0.2) is 0 Å². The van der Waals surface area contributed by atoms with E-state index in [0.717, 1.165) is 11.1 Å². The van der Waals surface area contributed by atoms with Crippen molar-refractivity contribution in [1.29, 1.82) is 0 Å². The number of carbonyl (C=O) groups excluding carboxylic acids is 1. The Kier molecular flexibility index (Phi) is 5.10. The predicted octanol–water partition coefficient (Wildman–Crippen LogP) is 2.65. The number of aliphatic hydroxyl groups is 1. The van der Waals surface area contributed by atoms with Gasteiger partial charge in [-0.15, -0.1) is 0 Å². The molecule has 4 nitrogen and oxygen atoms in total. The second-order valence-corrected chi connectivity index (χ2v) is 6.62. The molecule has 0 unspecified atom stereocenters. The van der Waals surface area contributed by atoms with Crippen LogP contribution < -0.4 is 5.32 Å². The van der Waals surface area contributed by atoms with Crippen LogP contribution in [0, 0.1) is 0 Å². The summed E-state index contributed by atoms with van der Waals surface area (Å²) in [5, 5.41) is 16.9. The Morgan fingerprint density at radius 3 is 2.65 bits per heavy atom. The Balaban J connectivity index is 1.73. The highest BCUT2D eigenvalue weighted by Crippen LogP contribution is 2.35. The van der Waals surface area contributed by atoms with Crippen LogP contribution in [0.5, 0.6) is 0 Å². The number of hydrogen-bond donors (Lipinski definition) is 2. The third-order valence-electron chi connectivity index (χ3n) is 4.49. The molecule has 122 valence electrons. The van der Waals surface area contributed by atoms with Crippen LogP contribution in [0.4, 0.5) is 0 Å². The van der Waals surface area contributed by atoms with Crippen molar-refractivity contribution in [3.8, 4) is 0 Å². The third kappa shape index (κ3) is 3.47. The first kappa shape index (κ1) is 16.2. The van der Waals surface area contributed by atoms with E-state index in [1.54, 1.807) is 0 Å². The molecule has 1 aromatic carbocycles. The van der Waals surface area contributed by atoms with Gasteiger partial charge in [0.05, 0.1) is 11.5 Å². The van der Waals surface area contributed by atoms with Crippen LogP contribution in [0.2, 0.25) is 0 Å². The fourth-order valence-electron chi connectivity index (χ4n) is 3.06. The molecule has 2 heterocycles. The van der Waals surface area contributed by atoms with Crippen molar-refractivity contribution in [2.45, 2.75) is 24.4 Å². The standard InChI is InChI=1S/C18H21NO3S/c20-16(14-6-11-23-13-14)12-19-17(21)18(7-9-22-10-8-18)15-4-2-1-3-5-15/h1-6,11,13,16,20H,7-10,12H2,(H,19,21)/t16-/m1/s1. The van der Waals surface area contributed by atoms with E-state index >= 15 is 0 Å². The van der Waals surface area contributed by atoms with Crippen molar-refractivity contribution >= 4 is 17.2 Å². The van der Waals surface area contributed by atoms with Gasteiger partial charge in [-0.05, 0) is 40.8 Å². The Morgan fingerprint density at radius 2 is 2.00 bits per heavy atom. The molecule has 0 spiro atoms. The first-order valence-corrected chi connectivity index (χ1v) is 8.78. The molecule has 3 rings (SSSR count). The minimum absolute atomic E-state index is 0.0266. The van der Waals surface area contributed by atoms with Gasteiger partial charge in [0.25, 0.3) is 0 Å². The van der Waals surface area contributed by atoms with E-state index in [1.807, 2.05) is 47.2 Å². The number of carbonyl (C=O) groups is 1. The monoisotopic (exact) mass is 331 g/mol. The summed E-state index contributed by atoms with van der Waals surface area (Å²) in [6, 6.07) is 11.7. The van der Waals surface area contributed by atoms with Crippen LogP contribution in [0.15, 0.2) is 47.2 Å². The van der Waals surface area contributed by atoms with Gasteiger partial charge in [-0.1, -0.05) is 30.3 Å². The average Bonchev–Trinajstić information content (AvgIpc) is 3.15. The van der Waals surface area contributed by atoms with Crippen molar-refractivity contribution in [3.63, 3.8) is 0 Å². The smallest absolute Gasteiger partial charge is 0.230 e. The number of aliphatic hydroxyl groups excluding tert-OH is 1. The highest BCUT2D eigenvalue weighted by Gasteiger charge is 2.41. The number of rotatable bonds is 5. The molecule has 2 N–H and O–H groups in total. The first-order chi connectivity index (χ1) is 11.2. The number of amides is 1. The lowest BCUT2D eigenvalue weighted by Gasteiger charge is -2.36. The van der Waals surface area contributed by atoms with E-state index in [1.165, 1.54) is 11.3 Å². The summed E-state index contributed by atoms with van der Waals surface area (Å²) >= 11 is 1.54. The lowest BCUT2D eigenvalue weighted by Crippen LogP contribution is -2.48. The normalized spacial score (nSPS) is 18.3. The fraction of sp³-hybridized carbons (Fsp3) is 0.389. The molecule has 0 aliphatic carbocycles. The van der Waals surface area contributed by atoms with Crippen molar-refractivity contribution in [2.24, 2.45) is 0 Å². The maximum atomic E-state index is 12.9. The Morgan fingerprint density at radius 1 is 1.26 bits per heavy atom. The summed E-state index contributed by atoms with van der Waals surface area (Å²) in [6.45, 7) is 1.38. The third-order valence-corrected chi connectivity index (χ3v) is 5.19. The first-order valence-electron chi connectivity index (χ1n) is 7.84. The molecule has 1 aliphatic heterocycles. The maximum absolute atomic E-state index is 12.9. The van der Waals surface area contributed by atoms with Crippen molar-refractivity contribution < 1.29 is 14.6 Å². The summed E-state index contributed by atoms with van der Waals surface area (Å²) in [4.78, 5) is 12.9. The zero-order chi connectivity index (χ0) is 16.1. The summed E-state index contributed by atoms with van der Waals surface area (Å²) < 4.78 is 5.45. The highest BCUT2D eigenvalue weighted by atomic mass is 32.1. The molecule has 1 amide bonds. The zero-order valence-electron chi connectivity index (χ0n) is 12.9. The molecule has 5 heteroatoms. The van der Waals surface area contributed by atoms with Crippen LogP contribution in [-0.4, -0.2) is 30.8 Å². The topological polar surface area (TPSA) is 58.6 Å². The summed E-state index contributed by atoms with van der Waals surface area (Å²) in [6.07, 6.45) is 0.660. The van der Waals surface area contributed by atoms with Crippen LogP contribution in [0.25, 0.3) is 0 Å². The second kappa shape index (κ2) is 7.25. The van der Waals surface area contributed by atoms with Crippen LogP contribution in [0.1, 0.15) is 30.1 Å². The summed E-state index contributed by atoms with van der Waals surface area (Å²) in [5.41, 5.74) is 1.30. The van der Waals surface area contributed by atoms with Gasteiger partial charge in [-0.3, -0.25) is 4.79 Å². The lowest BCUT2D eigenvalue weighted by molar-refractivity contribution is -0.131. The number of benzene rings is 1. The van der Waals surface area contributed by atoms with Crippen molar-refractivity contribution in [3.05, 3.63) is 58.3 Å². The molecule has 23 heavy (non-hydrogen) atoms. The number of ether oxygens (including phenoxy) is 1. The molecule has 0 saturated carbocycles. The highest BCUT2D eigenvalue weighted by molar-refractivity contribution is 7.07. The molecule has 1 atom stereocenters. The van der Waals surface area contributed by atoms with Crippen LogP contribution >= 0.6 is 11.3 Å².